The molecule has 104 valence electrons. The summed E-state index contributed by atoms with van der Waals surface area (Å²) in [5, 5.41) is 12.3. The van der Waals surface area contributed by atoms with Crippen molar-refractivity contribution in [2.75, 3.05) is 17.3 Å². The van der Waals surface area contributed by atoms with Crippen LogP contribution in [0, 0.1) is 5.92 Å². The summed E-state index contributed by atoms with van der Waals surface area (Å²) in [5.41, 5.74) is 2.17. The summed E-state index contributed by atoms with van der Waals surface area (Å²) >= 11 is 0. The molecule has 7 nitrogen and oxygen atoms in total. The third-order valence-corrected chi connectivity index (χ3v) is 3.31. The van der Waals surface area contributed by atoms with Crippen LogP contribution in [0.4, 0.5) is 11.4 Å². The number of hydrogen-bond donors (Lipinski definition) is 3. The van der Waals surface area contributed by atoms with Crippen LogP contribution in [0.5, 0.6) is 0 Å². The molecule has 1 heterocycles. The van der Waals surface area contributed by atoms with Crippen molar-refractivity contribution in [3.05, 3.63) is 44.5 Å². The first-order chi connectivity index (χ1) is 9.56. The van der Waals surface area contributed by atoms with Crippen molar-refractivity contribution in [1.29, 1.82) is 0 Å². The average molecular weight is 275 g/mol. The Bertz CT molecular complexity index is 713. The largest absolute Gasteiger partial charge is 0.478 e. The number of carboxylic acids is 1. The summed E-state index contributed by atoms with van der Waals surface area (Å²) in [7, 11) is 0. The SMILES string of the molecule is O=C(O)c1ccc(NCC2CC2)cc1Nn1c(=O)c1=O. The number of carboxylic acid groups (broad SMARTS) is 1. The highest BCUT2D eigenvalue weighted by atomic mass is 16.4. The lowest BCUT2D eigenvalue weighted by atomic mass is 10.1. The van der Waals surface area contributed by atoms with E-state index in [1.807, 2.05) is 0 Å². The molecule has 1 aliphatic rings. The summed E-state index contributed by atoms with van der Waals surface area (Å²) in [6, 6.07) is 4.70. The molecule has 1 aromatic heterocycles. The predicted molar refractivity (Wildman–Crippen MR) is 73.0 cm³/mol. The molecule has 0 radical (unpaired) electrons. The quantitative estimate of drug-likeness (QED) is 0.663. The van der Waals surface area contributed by atoms with Gasteiger partial charge in [-0.3, -0.25) is 15.0 Å². The molecule has 3 rings (SSSR count). The number of anilines is 2. The topological polar surface area (TPSA) is 100 Å². The normalized spacial score (nSPS) is 14.4. The summed E-state index contributed by atoms with van der Waals surface area (Å²) in [4.78, 5) is 33.1. The fraction of sp³-hybridized carbons (Fsp3) is 0.308. The van der Waals surface area contributed by atoms with E-state index in [-0.39, 0.29) is 11.3 Å². The molecule has 0 bridgehead atoms. The summed E-state index contributed by atoms with van der Waals surface area (Å²) in [6.45, 7) is 0.841. The van der Waals surface area contributed by atoms with E-state index in [2.05, 4.69) is 10.7 Å². The predicted octanol–water partition coefficient (Wildman–Crippen LogP) is 0.479. The lowest BCUT2D eigenvalue weighted by Crippen LogP contribution is -2.13. The van der Waals surface area contributed by atoms with Gasteiger partial charge in [-0.1, -0.05) is 0 Å². The van der Waals surface area contributed by atoms with E-state index in [9.17, 15) is 14.4 Å². The van der Waals surface area contributed by atoms with Gasteiger partial charge in [0.1, 0.15) is 0 Å². The van der Waals surface area contributed by atoms with Crippen LogP contribution in [0.15, 0.2) is 27.8 Å². The third kappa shape index (κ3) is 2.42. The molecular weight excluding hydrogens is 262 g/mol. The summed E-state index contributed by atoms with van der Waals surface area (Å²) < 4.78 is 0.784. The zero-order valence-electron chi connectivity index (χ0n) is 10.5. The van der Waals surface area contributed by atoms with Crippen molar-refractivity contribution in [3.8, 4) is 0 Å². The monoisotopic (exact) mass is 275 g/mol. The Labute approximate surface area is 113 Å². The van der Waals surface area contributed by atoms with E-state index < -0.39 is 17.1 Å². The fourth-order valence-corrected chi connectivity index (χ4v) is 1.87. The maximum atomic E-state index is 11.1. The van der Waals surface area contributed by atoms with Crippen LogP contribution in [-0.2, 0) is 0 Å². The van der Waals surface area contributed by atoms with Crippen molar-refractivity contribution in [2.24, 2.45) is 5.92 Å². The maximum absolute atomic E-state index is 11.1. The van der Waals surface area contributed by atoms with Gasteiger partial charge in [0.15, 0.2) is 0 Å². The van der Waals surface area contributed by atoms with Crippen molar-refractivity contribution in [2.45, 2.75) is 12.8 Å². The van der Waals surface area contributed by atoms with E-state index in [0.717, 1.165) is 16.9 Å². The molecule has 0 unspecified atom stereocenters. The van der Waals surface area contributed by atoms with Gasteiger partial charge in [-0.05, 0) is 37.0 Å². The van der Waals surface area contributed by atoms with Gasteiger partial charge >= 0.3 is 17.1 Å². The van der Waals surface area contributed by atoms with E-state index in [0.29, 0.717) is 5.92 Å². The highest BCUT2D eigenvalue weighted by molar-refractivity contribution is 5.95. The molecule has 1 fully saturated rings. The lowest BCUT2D eigenvalue weighted by Gasteiger charge is -2.10. The zero-order chi connectivity index (χ0) is 14.3. The number of aromatic nitrogens is 1. The smallest absolute Gasteiger partial charge is 0.340 e. The van der Waals surface area contributed by atoms with Gasteiger partial charge in [-0.15, -0.1) is 0 Å². The molecule has 2 aromatic rings. The minimum atomic E-state index is -1.12. The molecule has 0 saturated heterocycles. The first-order valence-electron chi connectivity index (χ1n) is 6.32. The van der Waals surface area contributed by atoms with Gasteiger partial charge in [0, 0.05) is 12.2 Å². The van der Waals surface area contributed by atoms with E-state index in [1.165, 1.54) is 18.9 Å². The minimum Gasteiger partial charge on any atom is -0.478 e. The standard InChI is InChI=1S/C13H13N3O4/c17-11-12(18)16(11)15-10-5-8(14-6-7-1-2-7)3-4-9(10)13(19)20/h3-5,7,14-15H,1-2,6H2,(H,19,20). The van der Waals surface area contributed by atoms with Crippen LogP contribution in [-0.4, -0.2) is 22.3 Å². The molecule has 0 aliphatic heterocycles. The first kappa shape index (κ1) is 12.5. The molecule has 0 spiro atoms. The van der Waals surface area contributed by atoms with Crippen molar-refractivity contribution >= 4 is 17.3 Å². The second kappa shape index (κ2) is 4.52. The summed E-state index contributed by atoms with van der Waals surface area (Å²) in [6.07, 6.45) is 2.42. The Morgan fingerprint density at radius 1 is 1.30 bits per heavy atom. The van der Waals surface area contributed by atoms with Gasteiger partial charge in [-0.2, -0.15) is 4.68 Å². The number of nitrogens with one attached hydrogen (secondary N) is 2. The van der Waals surface area contributed by atoms with Gasteiger partial charge in [0.05, 0.1) is 11.3 Å². The van der Waals surface area contributed by atoms with Gasteiger partial charge in [0.2, 0.25) is 0 Å². The maximum Gasteiger partial charge on any atom is 0.340 e. The Morgan fingerprint density at radius 2 is 2.00 bits per heavy atom. The van der Waals surface area contributed by atoms with Crippen molar-refractivity contribution in [1.82, 2.24) is 4.68 Å². The van der Waals surface area contributed by atoms with Crippen LogP contribution in [0.25, 0.3) is 0 Å². The second-order valence-corrected chi connectivity index (χ2v) is 4.95. The number of rotatable bonds is 6. The number of hydrogen-bond acceptors (Lipinski definition) is 5. The highest BCUT2D eigenvalue weighted by Gasteiger charge is 2.22. The van der Waals surface area contributed by atoms with Crippen LogP contribution in [0.1, 0.15) is 23.2 Å². The van der Waals surface area contributed by atoms with Crippen LogP contribution >= 0.6 is 0 Å². The number of benzene rings is 1. The third-order valence-electron chi connectivity index (χ3n) is 3.31. The number of aromatic carboxylic acids is 1. The van der Waals surface area contributed by atoms with E-state index >= 15 is 0 Å². The average Bonchev–Trinajstić information content (AvgIpc) is 3.33. The number of carbonyl (C=O) groups is 1. The minimum absolute atomic E-state index is 0.00877. The van der Waals surface area contributed by atoms with E-state index in [4.69, 9.17) is 5.11 Å². The molecule has 7 heteroatoms. The van der Waals surface area contributed by atoms with Crippen molar-refractivity contribution < 1.29 is 9.90 Å². The number of nitrogens with zero attached hydrogens (tertiary/aromatic N) is 1. The highest BCUT2D eigenvalue weighted by Crippen LogP contribution is 2.29. The second-order valence-electron chi connectivity index (χ2n) is 4.95. The molecule has 0 atom stereocenters. The Kier molecular flexibility index (Phi) is 2.81. The Hall–Kier alpha value is -2.57. The molecule has 1 aromatic carbocycles. The zero-order valence-corrected chi connectivity index (χ0v) is 10.5. The lowest BCUT2D eigenvalue weighted by molar-refractivity contribution is 0.0698. The molecule has 20 heavy (non-hydrogen) atoms. The summed E-state index contributed by atoms with van der Waals surface area (Å²) in [5.74, 6) is -0.441. The first-order valence-corrected chi connectivity index (χ1v) is 6.32. The van der Waals surface area contributed by atoms with Crippen LogP contribution < -0.4 is 21.9 Å². The molecule has 1 aliphatic carbocycles. The van der Waals surface area contributed by atoms with E-state index in [1.54, 1.807) is 12.1 Å². The van der Waals surface area contributed by atoms with Gasteiger partial charge < -0.3 is 10.4 Å². The Balaban J connectivity index is 1.84. The molecule has 1 saturated carbocycles. The Morgan fingerprint density at radius 3 is 2.55 bits per heavy atom. The van der Waals surface area contributed by atoms with Crippen LogP contribution in [0.2, 0.25) is 0 Å². The molecular formula is C13H13N3O4. The van der Waals surface area contributed by atoms with Crippen LogP contribution in [0.3, 0.4) is 0 Å². The van der Waals surface area contributed by atoms with Gasteiger partial charge in [0.25, 0.3) is 0 Å². The fourth-order valence-electron chi connectivity index (χ4n) is 1.87. The van der Waals surface area contributed by atoms with Gasteiger partial charge in [-0.25, -0.2) is 4.79 Å². The van der Waals surface area contributed by atoms with Crippen molar-refractivity contribution in [3.63, 3.8) is 0 Å². The molecule has 0 amide bonds. The molecule has 3 N–H and O–H groups in total.